The van der Waals surface area contributed by atoms with Crippen molar-refractivity contribution >= 4 is 11.7 Å². The molecule has 2 aromatic heterocycles. The van der Waals surface area contributed by atoms with Crippen LogP contribution >= 0.6 is 0 Å². The first-order valence-electron chi connectivity index (χ1n) is 7.52. The van der Waals surface area contributed by atoms with Crippen LogP contribution in [-0.2, 0) is 7.05 Å². The largest absolute Gasteiger partial charge is 0.352 e. The highest BCUT2D eigenvalue weighted by Gasteiger charge is 2.28. The summed E-state index contributed by atoms with van der Waals surface area (Å²) < 4.78 is 15.5. The molecule has 0 spiro atoms. The minimum absolute atomic E-state index is 0.00539. The number of aryl methyl sites for hydroxylation is 1. The van der Waals surface area contributed by atoms with Crippen LogP contribution in [0.3, 0.4) is 0 Å². The number of anilines is 1. The summed E-state index contributed by atoms with van der Waals surface area (Å²) in [4.78, 5) is 23.8. The van der Waals surface area contributed by atoms with Gasteiger partial charge in [-0.1, -0.05) is 0 Å². The molecule has 0 N–H and O–H groups in total. The van der Waals surface area contributed by atoms with E-state index in [2.05, 4.69) is 15.1 Å². The molecule has 1 saturated heterocycles. The maximum Gasteiger partial charge on any atom is 0.257 e. The van der Waals surface area contributed by atoms with Crippen LogP contribution in [0.25, 0.3) is 0 Å². The van der Waals surface area contributed by atoms with Crippen molar-refractivity contribution in [3.05, 3.63) is 36.3 Å². The quantitative estimate of drug-likeness (QED) is 0.847. The Balaban J connectivity index is 1.73. The molecular formula is C15H19FN6O. The third-order valence-corrected chi connectivity index (χ3v) is 4.16. The first kappa shape index (κ1) is 15.4. The van der Waals surface area contributed by atoms with Crippen LogP contribution in [-0.4, -0.2) is 56.7 Å². The predicted molar refractivity (Wildman–Crippen MR) is 82.5 cm³/mol. The van der Waals surface area contributed by atoms with Gasteiger partial charge in [0, 0.05) is 39.4 Å². The van der Waals surface area contributed by atoms with Gasteiger partial charge in [-0.15, -0.1) is 0 Å². The van der Waals surface area contributed by atoms with Crippen LogP contribution < -0.4 is 4.90 Å². The molecule has 1 atom stereocenters. The van der Waals surface area contributed by atoms with Gasteiger partial charge < -0.3 is 9.80 Å². The molecule has 0 bridgehead atoms. The Hall–Kier alpha value is -2.51. The molecule has 0 aromatic carbocycles. The number of piperidine rings is 1. The molecule has 23 heavy (non-hydrogen) atoms. The SMILES string of the molecule is CN(C(=O)c1cnn(C)c1)C1CCCN(c2ncncc2F)C1. The predicted octanol–water partition coefficient (Wildman–Crippen LogP) is 1.09. The number of carbonyl (C=O) groups excluding carboxylic acids is 1. The second-order valence-electron chi connectivity index (χ2n) is 5.76. The third kappa shape index (κ3) is 3.15. The molecule has 1 amide bonds. The van der Waals surface area contributed by atoms with Gasteiger partial charge in [0.15, 0.2) is 11.6 Å². The zero-order chi connectivity index (χ0) is 16.4. The summed E-state index contributed by atoms with van der Waals surface area (Å²) in [6.45, 7) is 1.27. The Morgan fingerprint density at radius 2 is 2.26 bits per heavy atom. The van der Waals surface area contributed by atoms with Gasteiger partial charge in [0.1, 0.15) is 6.33 Å². The average Bonchev–Trinajstić information content (AvgIpc) is 3.00. The highest BCUT2D eigenvalue weighted by Crippen LogP contribution is 2.22. The van der Waals surface area contributed by atoms with Crippen molar-refractivity contribution in [2.75, 3.05) is 25.0 Å². The highest BCUT2D eigenvalue weighted by atomic mass is 19.1. The Labute approximate surface area is 133 Å². The Kier molecular flexibility index (Phi) is 4.22. The van der Waals surface area contributed by atoms with Gasteiger partial charge >= 0.3 is 0 Å². The number of halogens is 1. The van der Waals surface area contributed by atoms with Crippen LogP contribution in [0.1, 0.15) is 23.2 Å². The lowest BCUT2D eigenvalue weighted by Gasteiger charge is -2.38. The maximum absolute atomic E-state index is 13.9. The lowest BCUT2D eigenvalue weighted by molar-refractivity contribution is 0.0717. The topological polar surface area (TPSA) is 67.2 Å². The normalized spacial score (nSPS) is 18.0. The van der Waals surface area contributed by atoms with Gasteiger partial charge in [0.25, 0.3) is 5.91 Å². The highest BCUT2D eigenvalue weighted by molar-refractivity contribution is 5.93. The van der Waals surface area contributed by atoms with E-state index in [9.17, 15) is 9.18 Å². The summed E-state index contributed by atoms with van der Waals surface area (Å²) in [7, 11) is 3.55. The van der Waals surface area contributed by atoms with Gasteiger partial charge in [-0.05, 0) is 12.8 Å². The van der Waals surface area contributed by atoms with Gasteiger partial charge in [-0.25, -0.2) is 14.4 Å². The maximum atomic E-state index is 13.9. The van der Waals surface area contributed by atoms with E-state index in [4.69, 9.17) is 0 Å². The van der Waals surface area contributed by atoms with E-state index in [-0.39, 0.29) is 11.9 Å². The average molecular weight is 318 g/mol. The molecule has 3 heterocycles. The molecule has 0 saturated carbocycles. The van der Waals surface area contributed by atoms with Crippen LogP contribution in [0.5, 0.6) is 0 Å². The third-order valence-electron chi connectivity index (χ3n) is 4.16. The molecule has 1 unspecified atom stereocenters. The van der Waals surface area contributed by atoms with Crippen molar-refractivity contribution < 1.29 is 9.18 Å². The first-order valence-corrected chi connectivity index (χ1v) is 7.52. The number of likely N-dealkylation sites (N-methyl/N-ethyl adjacent to an activating group) is 1. The summed E-state index contributed by atoms with van der Waals surface area (Å²) in [5.74, 6) is -0.213. The molecule has 2 aromatic rings. The molecule has 0 radical (unpaired) electrons. The molecule has 0 aliphatic carbocycles. The molecule has 7 nitrogen and oxygen atoms in total. The summed E-state index contributed by atoms with van der Waals surface area (Å²) >= 11 is 0. The van der Waals surface area contributed by atoms with Crippen LogP contribution in [0.4, 0.5) is 10.2 Å². The fourth-order valence-electron chi connectivity index (χ4n) is 2.90. The number of hydrogen-bond acceptors (Lipinski definition) is 5. The zero-order valence-corrected chi connectivity index (χ0v) is 13.2. The van der Waals surface area contributed by atoms with Gasteiger partial charge in [0.05, 0.1) is 18.0 Å². The molecular weight excluding hydrogens is 299 g/mol. The van der Waals surface area contributed by atoms with Crippen molar-refractivity contribution in [3.63, 3.8) is 0 Å². The zero-order valence-electron chi connectivity index (χ0n) is 13.2. The molecule has 1 aliphatic rings. The first-order chi connectivity index (χ1) is 11.1. The minimum atomic E-state index is -0.436. The minimum Gasteiger partial charge on any atom is -0.352 e. The van der Waals surface area contributed by atoms with E-state index >= 15 is 0 Å². The number of hydrogen-bond donors (Lipinski definition) is 0. The van der Waals surface area contributed by atoms with Crippen LogP contribution in [0, 0.1) is 5.82 Å². The van der Waals surface area contributed by atoms with Gasteiger partial charge in [-0.3, -0.25) is 9.48 Å². The molecule has 1 fully saturated rings. The van der Waals surface area contributed by atoms with E-state index in [0.29, 0.717) is 17.9 Å². The Morgan fingerprint density at radius 1 is 1.43 bits per heavy atom. The van der Waals surface area contributed by atoms with E-state index in [1.807, 2.05) is 4.90 Å². The van der Waals surface area contributed by atoms with Gasteiger partial charge in [0.2, 0.25) is 0 Å². The monoisotopic (exact) mass is 318 g/mol. The molecule has 3 rings (SSSR count). The Morgan fingerprint density at radius 3 is 2.96 bits per heavy atom. The second kappa shape index (κ2) is 6.31. The fourth-order valence-corrected chi connectivity index (χ4v) is 2.90. The van der Waals surface area contributed by atoms with E-state index in [1.54, 1.807) is 36.1 Å². The van der Waals surface area contributed by atoms with Gasteiger partial charge in [-0.2, -0.15) is 5.10 Å². The van der Waals surface area contributed by atoms with Crippen molar-refractivity contribution in [2.24, 2.45) is 7.05 Å². The number of amides is 1. The van der Waals surface area contributed by atoms with E-state index < -0.39 is 5.82 Å². The molecule has 8 heteroatoms. The van der Waals surface area contributed by atoms with Crippen molar-refractivity contribution in [2.45, 2.75) is 18.9 Å². The number of carbonyl (C=O) groups is 1. The summed E-state index contributed by atoms with van der Waals surface area (Å²) in [5, 5.41) is 4.03. The number of rotatable bonds is 3. The number of nitrogens with zero attached hydrogens (tertiary/aromatic N) is 6. The molecule has 1 aliphatic heterocycles. The Bertz CT molecular complexity index is 703. The van der Waals surface area contributed by atoms with Crippen LogP contribution in [0.15, 0.2) is 24.9 Å². The number of aromatic nitrogens is 4. The van der Waals surface area contributed by atoms with E-state index in [0.717, 1.165) is 25.6 Å². The standard InChI is InChI=1S/C15H19FN6O/c1-20-8-11(6-19-20)15(23)21(2)12-4-3-5-22(9-12)14-13(16)7-17-10-18-14/h6-8,10,12H,3-5,9H2,1-2H3. The second-order valence-corrected chi connectivity index (χ2v) is 5.76. The summed E-state index contributed by atoms with van der Waals surface area (Å²) in [5.41, 5.74) is 0.556. The lowest BCUT2D eigenvalue weighted by atomic mass is 10.0. The van der Waals surface area contributed by atoms with Crippen LogP contribution in [0.2, 0.25) is 0 Å². The van der Waals surface area contributed by atoms with Crippen molar-refractivity contribution in [3.8, 4) is 0 Å². The summed E-state index contributed by atoms with van der Waals surface area (Å²) in [6, 6.07) is 0.00539. The lowest BCUT2D eigenvalue weighted by Crippen LogP contribution is -2.49. The van der Waals surface area contributed by atoms with Crippen molar-refractivity contribution in [1.29, 1.82) is 0 Å². The van der Waals surface area contributed by atoms with E-state index in [1.165, 1.54) is 6.33 Å². The fraction of sp³-hybridized carbons (Fsp3) is 0.467. The summed E-state index contributed by atoms with van der Waals surface area (Å²) in [6.07, 6.45) is 7.51. The molecule has 122 valence electrons. The van der Waals surface area contributed by atoms with Crippen molar-refractivity contribution in [1.82, 2.24) is 24.6 Å². The smallest absolute Gasteiger partial charge is 0.257 e.